The fraction of sp³-hybridized carbons (Fsp3) is 0.545. The van der Waals surface area contributed by atoms with Crippen LogP contribution in [-0.2, 0) is 12.8 Å². The predicted octanol–water partition coefficient (Wildman–Crippen LogP) is 11.3. The molecule has 3 heteroatoms. The number of rotatable bonds is 26. The van der Waals surface area contributed by atoms with Gasteiger partial charge in [-0.15, -0.1) is 0 Å². The summed E-state index contributed by atoms with van der Waals surface area (Å²) in [6, 6.07) is 22.3. The monoisotopic (exact) mass is 749 g/mol. The highest BCUT2D eigenvalue weighted by molar-refractivity contribution is 5.67. The van der Waals surface area contributed by atoms with Crippen molar-refractivity contribution in [3.05, 3.63) is 91.9 Å². The lowest BCUT2D eigenvalue weighted by Crippen LogP contribution is -3.61. The topological polar surface area (TPSA) is 26.3 Å². The van der Waals surface area contributed by atoms with Gasteiger partial charge in [-0.1, -0.05) is 178 Å². The Bertz CT molecular complexity index is 1260. The molecular formula is C44H62IO2+. The van der Waals surface area contributed by atoms with Crippen LogP contribution in [0.25, 0.3) is 22.3 Å². The lowest BCUT2D eigenvalue weighted by atomic mass is 9.97. The van der Waals surface area contributed by atoms with E-state index in [-0.39, 0.29) is 0 Å². The third kappa shape index (κ3) is 14.0. The number of unbranched alkanes of at least 4 members (excludes halogenated alkanes) is 18. The zero-order valence-electron chi connectivity index (χ0n) is 29.7. The minimum Gasteiger partial charge on any atom is -0.426 e. The maximum Gasteiger partial charge on any atom is 0.443 e. The van der Waals surface area contributed by atoms with Gasteiger partial charge in [0.1, 0.15) is 12.5 Å². The summed E-state index contributed by atoms with van der Waals surface area (Å²) >= 11 is -0.519. The Morgan fingerprint density at radius 3 is 1.15 bits per heavy atom. The van der Waals surface area contributed by atoms with Crippen molar-refractivity contribution in [2.75, 3.05) is 0 Å². The smallest absolute Gasteiger partial charge is 0.426 e. The molecule has 47 heavy (non-hydrogen) atoms. The molecular weight excluding hydrogens is 687 g/mol. The molecule has 4 rings (SSSR count). The molecule has 2 heterocycles. The van der Waals surface area contributed by atoms with E-state index in [1.807, 2.05) is 12.5 Å². The zero-order chi connectivity index (χ0) is 32.8. The SMILES string of the molecule is CCCCCCCCCCCCc1ccccc1-c1coc([I+]c2cc(-c3ccccc3CCCCCCCCCCCC)co2)c1. The lowest BCUT2D eigenvalue weighted by Gasteiger charge is -2.08. The Hall–Kier alpha value is -2.27. The minimum absolute atomic E-state index is 0.519. The van der Waals surface area contributed by atoms with Gasteiger partial charge in [0, 0.05) is 23.3 Å². The van der Waals surface area contributed by atoms with E-state index < -0.39 is 21.2 Å². The Kier molecular flexibility index (Phi) is 18.5. The van der Waals surface area contributed by atoms with Crippen molar-refractivity contribution in [1.29, 1.82) is 0 Å². The second kappa shape index (κ2) is 23.1. The van der Waals surface area contributed by atoms with Crippen LogP contribution in [0.1, 0.15) is 153 Å². The summed E-state index contributed by atoms with van der Waals surface area (Å²) < 4.78 is 14.4. The van der Waals surface area contributed by atoms with E-state index in [9.17, 15) is 0 Å². The number of hydrogen-bond acceptors (Lipinski definition) is 2. The second-order valence-electron chi connectivity index (χ2n) is 13.6. The predicted molar refractivity (Wildman–Crippen MR) is 197 cm³/mol. The molecule has 2 aromatic heterocycles. The summed E-state index contributed by atoms with van der Waals surface area (Å²) in [5, 5.41) is 0. The number of aryl methyl sites for hydroxylation is 2. The highest BCUT2D eigenvalue weighted by Gasteiger charge is 2.26. The Morgan fingerprint density at radius 2 is 0.766 bits per heavy atom. The average Bonchev–Trinajstić information content (AvgIpc) is 3.77. The van der Waals surface area contributed by atoms with Gasteiger partial charge < -0.3 is 8.83 Å². The maximum absolute atomic E-state index is 6.13. The van der Waals surface area contributed by atoms with Crippen LogP contribution in [0.2, 0.25) is 0 Å². The molecule has 0 bridgehead atoms. The largest absolute Gasteiger partial charge is 0.443 e. The molecule has 0 N–H and O–H groups in total. The van der Waals surface area contributed by atoms with Gasteiger partial charge in [0.2, 0.25) is 0 Å². The first-order valence-corrected chi connectivity index (χ1v) is 21.4. The summed E-state index contributed by atoms with van der Waals surface area (Å²) in [7, 11) is 0. The van der Waals surface area contributed by atoms with Gasteiger partial charge in [-0.05, 0) is 47.9 Å². The van der Waals surface area contributed by atoms with Crippen LogP contribution in [0.15, 0.2) is 82.0 Å². The van der Waals surface area contributed by atoms with E-state index in [0.29, 0.717) is 0 Å². The third-order valence-corrected chi connectivity index (χ3v) is 11.8. The molecule has 0 saturated heterocycles. The van der Waals surface area contributed by atoms with Crippen molar-refractivity contribution in [2.24, 2.45) is 0 Å². The van der Waals surface area contributed by atoms with Crippen molar-refractivity contribution in [2.45, 2.75) is 155 Å². The molecule has 2 aromatic carbocycles. The summed E-state index contributed by atoms with van der Waals surface area (Å²) in [5.41, 5.74) is 7.94. The van der Waals surface area contributed by atoms with Crippen molar-refractivity contribution in [1.82, 2.24) is 0 Å². The lowest BCUT2D eigenvalue weighted by molar-refractivity contribution is -0.636. The Labute approximate surface area is 297 Å². The van der Waals surface area contributed by atoms with Gasteiger partial charge in [0.15, 0.2) is 0 Å². The van der Waals surface area contributed by atoms with Crippen LogP contribution >= 0.6 is 0 Å². The molecule has 2 nitrogen and oxygen atoms in total. The van der Waals surface area contributed by atoms with E-state index in [1.165, 1.54) is 162 Å². The van der Waals surface area contributed by atoms with Crippen LogP contribution in [0, 0.1) is 7.53 Å². The first-order chi connectivity index (χ1) is 23.3. The standard InChI is InChI=1S/C44H62IO2/c1-3-5-7-9-11-13-15-17-19-21-27-37-29-23-25-31-41(37)39-33-43(46-35-39)45-44-34-40(36-47-44)42-32-26-24-30-38(42)28-22-20-18-16-14-12-10-8-6-4-2/h23-26,29-36H,3-22,27-28H2,1-2H3/q+1. The van der Waals surface area contributed by atoms with Crippen LogP contribution in [0.5, 0.6) is 0 Å². The third-order valence-electron chi connectivity index (χ3n) is 9.58. The van der Waals surface area contributed by atoms with E-state index >= 15 is 0 Å². The molecule has 0 saturated carbocycles. The molecule has 0 aliphatic carbocycles. The molecule has 0 aliphatic rings. The van der Waals surface area contributed by atoms with Crippen LogP contribution in [0.3, 0.4) is 0 Å². The molecule has 0 atom stereocenters. The Balaban J connectivity index is 1.22. The molecule has 0 fully saturated rings. The highest BCUT2D eigenvalue weighted by atomic mass is 127. The van der Waals surface area contributed by atoms with Gasteiger partial charge in [0.25, 0.3) is 0 Å². The highest BCUT2D eigenvalue weighted by Crippen LogP contribution is 2.27. The molecule has 4 aromatic rings. The number of benzene rings is 2. The van der Waals surface area contributed by atoms with Gasteiger partial charge in [-0.2, -0.15) is 0 Å². The zero-order valence-corrected chi connectivity index (χ0v) is 31.8. The average molecular weight is 750 g/mol. The summed E-state index contributed by atoms with van der Waals surface area (Å²) in [6.45, 7) is 4.59. The van der Waals surface area contributed by atoms with Gasteiger partial charge in [0.05, 0.1) is 0 Å². The maximum atomic E-state index is 6.13. The second-order valence-corrected chi connectivity index (χ2v) is 16.2. The molecule has 0 spiro atoms. The molecule has 0 radical (unpaired) electrons. The summed E-state index contributed by atoms with van der Waals surface area (Å²) in [4.78, 5) is 0. The minimum atomic E-state index is -0.519. The summed E-state index contributed by atoms with van der Waals surface area (Å²) in [5.74, 6) is 0. The van der Waals surface area contributed by atoms with Crippen molar-refractivity contribution in [3.8, 4) is 22.3 Å². The fourth-order valence-electron chi connectivity index (χ4n) is 6.74. The van der Waals surface area contributed by atoms with Gasteiger partial charge in [-0.25, -0.2) is 0 Å². The quantitative estimate of drug-likeness (QED) is 0.0472. The summed E-state index contributed by atoms with van der Waals surface area (Å²) in [6.07, 6.45) is 33.7. The van der Waals surface area contributed by atoms with E-state index in [2.05, 4.69) is 74.5 Å². The van der Waals surface area contributed by atoms with E-state index in [4.69, 9.17) is 8.83 Å². The first-order valence-electron chi connectivity index (χ1n) is 19.3. The van der Waals surface area contributed by atoms with Gasteiger partial charge >= 0.3 is 28.7 Å². The van der Waals surface area contributed by atoms with Crippen LogP contribution < -0.4 is 21.2 Å². The molecule has 0 amide bonds. The Morgan fingerprint density at radius 1 is 0.426 bits per heavy atom. The molecule has 256 valence electrons. The van der Waals surface area contributed by atoms with Crippen LogP contribution in [0.4, 0.5) is 0 Å². The molecule has 0 unspecified atom stereocenters. The first kappa shape index (κ1) is 37.5. The van der Waals surface area contributed by atoms with Crippen molar-refractivity contribution >= 4 is 0 Å². The molecule has 0 aliphatic heterocycles. The van der Waals surface area contributed by atoms with Crippen molar-refractivity contribution in [3.63, 3.8) is 0 Å². The fourth-order valence-corrected chi connectivity index (χ4v) is 8.75. The number of hydrogen-bond donors (Lipinski definition) is 0. The van der Waals surface area contributed by atoms with Crippen molar-refractivity contribution < 1.29 is 30.0 Å². The van der Waals surface area contributed by atoms with E-state index in [1.54, 1.807) is 0 Å². The number of furan rings is 2. The number of halogens is 1. The van der Waals surface area contributed by atoms with E-state index in [0.717, 1.165) is 20.4 Å². The normalized spacial score (nSPS) is 11.4. The van der Waals surface area contributed by atoms with Crippen LogP contribution in [-0.4, -0.2) is 0 Å². The van der Waals surface area contributed by atoms with Gasteiger partial charge in [-0.3, -0.25) is 0 Å².